The van der Waals surface area contributed by atoms with Gasteiger partial charge in [0.25, 0.3) is 11.8 Å². The molecule has 2 aliphatic rings. The van der Waals surface area contributed by atoms with E-state index in [9.17, 15) is 14.4 Å². The molecule has 1 N–H and O–H groups in total. The first-order valence-electron chi connectivity index (χ1n) is 7.26. The molecule has 0 aromatic heterocycles. The number of carbonyl (C=O) groups is 3. The number of aromatic carboxylic acids is 1. The van der Waals surface area contributed by atoms with Gasteiger partial charge >= 0.3 is 5.97 Å². The van der Waals surface area contributed by atoms with Gasteiger partial charge < -0.3 is 5.11 Å². The van der Waals surface area contributed by atoms with Gasteiger partial charge in [0.15, 0.2) is 0 Å². The topological polar surface area (TPSA) is 74.7 Å². The third-order valence-corrected chi connectivity index (χ3v) is 4.56. The number of hydrogen-bond acceptors (Lipinski definition) is 3. The van der Waals surface area contributed by atoms with Crippen LogP contribution in [0.2, 0.25) is 0 Å². The predicted molar refractivity (Wildman–Crippen MR) is 75.3 cm³/mol. The van der Waals surface area contributed by atoms with Crippen molar-refractivity contribution >= 4 is 17.8 Å². The predicted octanol–water partition coefficient (Wildman–Crippen LogP) is 2.56. The van der Waals surface area contributed by atoms with E-state index in [-0.39, 0.29) is 29.0 Å². The van der Waals surface area contributed by atoms with Gasteiger partial charge in [-0.05, 0) is 37.0 Å². The third-order valence-electron chi connectivity index (χ3n) is 4.56. The lowest BCUT2D eigenvalue weighted by molar-refractivity contribution is 0.0485. The maximum Gasteiger partial charge on any atom is 0.335 e. The lowest BCUT2D eigenvalue weighted by atomic mass is 9.85. The molecule has 0 spiro atoms. The molecule has 0 bridgehead atoms. The Labute approximate surface area is 122 Å². The fourth-order valence-corrected chi connectivity index (χ4v) is 3.37. The molecule has 2 amide bonds. The summed E-state index contributed by atoms with van der Waals surface area (Å²) in [5.41, 5.74) is 0.578. The highest BCUT2D eigenvalue weighted by Gasteiger charge is 2.42. The van der Waals surface area contributed by atoms with Crippen molar-refractivity contribution in [2.75, 3.05) is 0 Å². The van der Waals surface area contributed by atoms with Gasteiger partial charge in [-0.2, -0.15) is 0 Å². The lowest BCUT2D eigenvalue weighted by Gasteiger charge is -2.34. The molecule has 1 aliphatic heterocycles. The number of imide groups is 1. The Bertz CT molecular complexity index is 637. The van der Waals surface area contributed by atoms with Crippen LogP contribution >= 0.6 is 0 Å². The molecule has 110 valence electrons. The molecule has 0 saturated heterocycles. The van der Waals surface area contributed by atoms with Crippen molar-refractivity contribution in [2.24, 2.45) is 5.92 Å². The van der Waals surface area contributed by atoms with Gasteiger partial charge in [0.1, 0.15) is 0 Å². The van der Waals surface area contributed by atoms with E-state index in [1.807, 2.05) is 0 Å². The average molecular weight is 287 g/mol. The number of benzene rings is 1. The molecule has 5 heteroatoms. The lowest BCUT2D eigenvalue weighted by Crippen LogP contribution is -2.44. The number of carbonyl (C=O) groups excluding carboxylic acids is 2. The smallest absolute Gasteiger partial charge is 0.335 e. The first-order valence-corrected chi connectivity index (χ1v) is 7.26. The monoisotopic (exact) mass is 287 g/mol. The van der Waals surface area contributed by atoms with Crippen LogP contribution in [-0.4, -0.2) is 33.8 Å². The minimum absolute atomic E-state index is 0.0356. The third kappa shape index (κ3) is 2.13. The number of rotatable bonds is 2. The number of carboxylic acids is 1. The van der Waals surface area contributed by atoms with Crippen LogP contribution in [0.5, 0.6) is 0 Å². The molecule has 1 heterocycles. The van der Waals surface area contributed by atoms with Crippen LogP contribution < -0.4 is 0 Å². The van der Waals surface area contributed by atoms with Crippen LogP contribution in [0.1, 0.15) is 63.7 Å². The van der Waals surface area contributed by atoms with Crippen molar-refractivity contribution in [3.63, 3.8) is 0 Å². The van der Waals surface area contributed by atoms with Gasteiger partial charge in [0, 0.05) is 6.04 Å². The maximum absolute atomic E-state index is 12.5. The first-order chi connectivity index (χ1) is 10.0. The molecule has 2 atom stereocenters. The molecule has 2 unspecified atom stereocenters. The fourth-order valence-electron chi connectivity index (χ4n) is 3.37. The molecule has 1 aromatic rings. The van der Waals surface area contributed by atoms with Crippen molar-refractivity contribution < 1.29 is 19.5 Å². The number of fused-ring (bicyclic) bond motifs is 1. The Balaban J connectivity index is 1.98. The van der Waals surface area contributed by atoms with Gasteiger partial charge in [-0.1, -0.05) is 19.8 Å². The van der Waals surface area contributed by atoms with Crippen LogP contribution in [0, 0.1) is 5.92 Å². The van der Waals surface area contributed by atoms with Gasteiger partial charge in [0.2, 0.25) is 0 Å². The van der Waals surface area contributed by atoms with Gasteiger partial charge in [0.05, 0.1) is 16.7 Å². The minimum Gasteiger partial charge on any atom is -0.478 e. The molecule has 5 nitrogen and oxygen atoms in total. The largest absolute Gasteiger partial charge is 0.478 e. The van der Waals surface area contributed by atoms with Crippen molar-refractivity contribution in [1.29, 1.82) is 0 Å². The first kappa shape index (κ1) is 13.8. The highest BCUT2D eigenvalue weighted by atomic mass is 16.4. The van der Waals surface area contributed by atoms with E-state index in [1.165, 1.54) is 23.1 Å². The average Bonchev–Trinajstić information content (AvgIpc) is 2.71. The quantitative estimate of drug-likeness (QED) is 0.848. The van der Waals surface area contributed by atoms with Crippen molar-refractivity contribution in [3.8, 4) is 0 Å². The molecule has 1 aromatic carbocycles. The number of nitrogens with zero attached hydrogens (tertiary/aromatic N) is 1. The number of amides is 2. The van der Waals surface area contributed by atoms with E-state index in [2.05, 4.69) is 6.92 Å². The SMILES string of the molecule is CC1CCCCC1N1C(=O)c2ccc(C(=O)O)cc2C1=O. The standard InChI is InChI=1S/C16H17NO4/c1-9-4-2-3-5-13(9)17-14(18)11-7-6-10(16(20)21)8-12(11)15(17)19/h6-9,13H,2-5H2,1H3,(H,20,21). The summed E-state index contributed by atoms with van der Waals surface area (Å²) in [5.74, 6) is -1.44. The Morgan fingerprint density at radius 3 is 2.48 bits per heavy atom. The Morgan fingerprint density at radius 1 is 1.14 bits per heavy atom. The Hall–Kier alpha value is -2.17. The maximum atomic E-state index is 12.5. The summed E-state index contributed by atoms with van der Waals surface area (Å²) in [6.45, 7) is 2.07. The molecule has 1 fully saturated rings. The van der Waals surface area contributed by atoms with Crippen molar-refractivity contribution in [2.45, 2.75) is 38.6 Å². The van der Waals surface area contributed by atoms with E-state index in [0.29, 0.717) is 11.5 Å². The van der Waals surface area contributed by atoms with Crippen molar-refractivity contribution in [1.82, 2.24) is 4.90 Å². The molecular formula is C16H17NO4. The van der Waals surface area contributed by atoms with Gasteiger partial charge in [-0.3, -0.25) is 14.5 Å². The summed E-state index contributed by atoms with van der Waals surface area (Å²) >= 11 is 0. The van der Waals surface area contributed by atoms with Gasteiger partial charge in [-0.25, -0.2) is 4.79 Å². The van der Waals surface area contributed by atoms with E-state index in [1.54, 1.807) is 0 Å². The second-order valence-electron chi connectivity index (χ2n) is 5.87. The summed E-state index contributed by atoms with van der Waals surface area (Å²) in [6, 6.07) is 4.07. The fraction of sp³-hybridized carbons (Fsp3) is 0.438. The van der Waals surface area contributed by atoms with Crippen LogP contribution in [0.3, 0.4) is 0 Å². The normalized spacial score (nSPS) is 25.1. The van der Waals surface area contributed by atoms with Crippen LogP contribution in [0.15, 0.2) is 18.2 Å². The molecule has 1 saturated carbocycles. The summed E-state index contributed by atoms with van der Waals surface area (Å²) in [4.78, 5) is 37.4. The Kier molecular flexibility index (Phi) is 3.27. The molecule has 1 aliphatic carbocycles. The molecule has 0 radical (unpaired) electrons. The van der Waals surface area contributed by atoms with E-state index < -0.39 is 5.97 Å². The minimum atomic E-state index is -1.09. The highest BCUT2D eigenvalue weighted by Crippen LogP contribution is 2.34. The zero-order chi connectivity index (χ0) is 15.1. The van der Waals surface area contributed by atoms with Crippen LogP contribution in [0.4, 0.5) is 0 Å². The van der Waals surface area contributed by atoms with E-state index in [4.69, 9.17) is 5.11 Å². The molecular weight excluding hydrogens is 270 g/mol. The molecule has 21 heavy (non-hydrogen) atoms. The summed E-state index contributed by atoms with van der Waals surface area (Å²) < 4.78 is 0. The van der Waals surface area contributed by atoms with Crippen LogP contribution in [0.25, 0.3) is 0 Å². The van der Waals surface area contributed by atoms with Gasteiger partial charge in [-0.15, -0.1) is 0 Å². The summed E-state index contributed by atoms with van der Waals surface area (Å²) in [6.07, 6.45) is 3.99. The van der Waals surface area contributed by atoms with E-state index >= 15 is 0 Å². The zero-order valence-corrected chi connectivity index (χ0v) is 11.8. The number of hydrogen-bond donors (Lipinski definition) is 1. The van der Waals surface area contributed by atoms with Crippen molar-refractivity contribution in [3.05, 3.63) is 34.9 Å². The second kappa shape index (κ2) is 4.98. The zero-order valence-electron chi connectivity index (χ0n) is 11.8. The second-order valence-corrected chi connectivity index (χ2v) is 5.87. The van der Waals surface area contributed by atoms with Crippen LogP contribution in [-0.2, 0) is 0 Å². The number of carboxylic acid groups (broad SMARTS) is 1. The summed E-state index contributed by atoms with van der Waals surface area (Å²) in [5, 5.41) is 9.02. The Morgan fingerprint density at radius 2 is 1.81 bits per heavy atom. The molecule has 3 rings (SSSR count). The summed E-state index contributed by atoms with van der Waals surface area (Å²) in [7, 11) is 0. The van der Waals surface area contributed by atoms with E-state index in [0.717, 1.165) is 25.7 Å². The highest BCUT2D eigenvalue weighted by molar-refractivity contribution is 6.22.